The molecule has 102 valence electrons. The number of rotatable bonds is 4. The minimum Gasteiger partial charge on any atom is -0.497 e. The van der Waals surface area contributed by atoms with Crippen molar-refractivity contribution < 1.29 is 4.74 Å². The molecule has 0 bridgehead atoms. The summed E-state index contributed by atoms with van der Waals surface area (Å²) < 4.78 is 8.42. The van der Waals surface area contributed by atoms with E-state index in [1.807, 2.05) is 18.2 Å². The maximum Gasteiger partial charge on any atom is 0.119 e. The number of ether oxygens (including phenoxy) is 1. The Balaban J connectivity index is 2.36. The Hall–Kier alpha value is -1.29. The molecular weight excluding hydrogens is 304 g/mol. The minimum absolute atomic E-state index is 0.754. The summed E-state index contributed by atoms with van der Waals surface area (Å²) in [6, 6.07) is 6.01. The number of aromatic nitrogens is 2. The molecule has 0 amide bonds. The zero-order valence-electron chi connectivity index (χ0n) is 11.8. The third-order valence-corrected chi connectivity index (χ3v) is 4.23. The predicted molar refractivity (Wildman–Crippen MR) is 80.9 cm³/mol. The van der Waals surface area contributed by atoms with Gasteiger partial charge in [-0.25, -0.2) is 0 Å². The van der Waals surface area contributed by atoms with Crippen LogP contribution < -0.4 is 4.74 Å². The molecule has 0 spiro atoms. The SMILES string of the molecule is CCc1c(C)nn(Cc2cc(OC)ccc2Br)c1C. The van der Waals surface area contributed by atoms with Gasteiger partial charge in [0, 0.05) is 10.2 Å². The second-order valence-electron chi connectivity index (χ2n) is 4.62. The summed E-state index contributed by atoms with van der Waals surface area (Å²) in [5.74, 6) is 0.871. The van der Waals surface area contributed by atoms with Crippen molar-refractivity contribution >= 4 is 15.9 Å². The molecule has 0 N–H and O–H groups in total. The molecule has 1 aromatic carbocycles. The van der Waals surface area contributed by atoms with E-state index in [1.54, 1.807) is 7.11 Å². The van der Waals surface area contributed by atoms with E-state index in [0.717, 1.165) is 28.9 Å². The minimum atomic E-state index is 0.754. The quantitative estimate of drug-likeness (QED) is 0.854. The first-order valence-corrected chi connectivity index (χ1v) is 7.21. The van der Waals surface area contributed by atoms with Gasteiger partial charge in [0.1, 0.15) is 5.75 Å². The van der Waals surface area contributed by atoms with Gasteiger partial charge in [-0.3, -0.25) is 4.68 Å². The standard InChI is InChI=1S/C15H19BrN2O/c1-5-14-10(2)17-18(11(14)3)9-12-8-13(19-4)6-7-15(12)16/h6-8H,5,9H2,1-4H3. The van der Waals surface area contributed by atoms with Crippen LogP contribution in [0.4, 0.5) is 0 Å². The fraction of sp³-hybridized carbons (Fsp3) is 0.400. The fourth-order valence-electron chi connectivity index (χ4n) is 2.36. The van der Waals surface area contributed by atoms with Gasteiger partial charge in [-0.15, -0.1) is 0 Å². The zero-order valence-corrected chi connectivity index (χ0v) is 13.4. The largest absolute Gasteiger partial charge is 0.497 e. The van der Waals surface area contributed by atoms with Crippen LogP contribution in [-0.2, 0) is 13.0 Å². The topological polar surface area (TPSA) is 27.1 Å². The summed E-state index contributed by atoms with van der Waals surface area (Å²) in [4.78, 5) is 0. The van der Waals surface area contributed by atoms with Crippen molar-refractivity contribution in [1.82, 2.24) is 9.78 Å². The fourth-order valence-corrected chi connectivity index (χ4v) is 2.73. The van der Waals surface area contributed by atoms with Crippen molar-refractivity contribution in [1.29, 1.82) is 0 Å². The first-order valence-electron chi connectivity index (χ1n) is 6.42. The molecule has 1 aromatic heterocycles. The van der Waals surface area contributed by atoms with Gasteiger partial charge < -0.3 is 4.74 Å². The molecular formula is C15H19BrN2O. The highest BCUT2D eigenvalue weighted by atomic mass is 79.9. The van der Waals surface area contributed by atoms with E-state index in [0.29, 0.717) is 0 Å². The van der Waals surface area contributed by atoms with Gasteiger partial charge in [0.05, 0.1) is 19.3 Å². The van der Waals surface area contributed by atoms with Crippen LogP contribution in [0.1, 0.15) is 29.4 Å². The number of methoxy groups -OCH3 is 1. The molecule has 0 radical (unpaired) electrons. The van der Waals surface area contributed by atoms with E-state index >= 15 is 0 Å². The van der Waals surface area contributed by atoms with Gasteiger partial charge in [-0.2, -0.15) is 5.10 Å². The molecule has 0 unspecified atom stereocenters. The number of hydrogen-bond acceptors (Lipinski definition) is 2. The van der Waals surface area contributed by atoms with Gasteiger partial charge in [0.2, 0.25) is 0 Å². The molecule has 19 heavy (non-hydrogen) atoms. The van der Waals surface area contributed by atoms with Crippen LogP contribution in [0.2, 0.25) is 0 Å². The summed E-state index contributed by atoms with van der Waals surface area (Å²) in [5, 5.41) is 4.63. The van der Waals surface area contributed by atoms with Crippen LogP contribution in [-0.4, -0.2) is 16.9 Å². The van der Waals surface area contributed by atoms with Crippen LogP contribution in [0.25, 0.3) is 0 Å². The molecule has 3 nitrogen and oxygen atoms in total. The second-order valence-corrected chi connectivity index (χ2v) is 5.47. The van der Waals surface area contributed by atoms with Crippen LogP contribution in [0.5, 0.6) is 5.75 Å². The van der Waals surface area contributed by atoms with E-state index in [-0.39, 0.29) is 0 Å². The maximum absolute atomic E-state index is 5.28. The molecule has 1 heterocycles. The van der Waals surface area contributed by atoms with Crippen molar-refractivity contribution in [2.45, 2.75) is 33.7 Å². The van der Waals surface area contributed by atoms with Crippen LogP contribution >= 0.6 is 15.9 Å². The first-order chi connectivity index (χ1) is 9.06. The van der Waals surface area contributed by atoms with Gasteiger partial charge >= 0.3 is 0 Å². The Morgan fingerprint density at radius 1 is 1.32 bits per heavy atom. The van der Waals surface area contributed by atoms with Gasteiger partial charge in [-0.1, -0.05) is 22.9 Å². The maximum atomic E-state index is 5.28. The summed E-state index contributed by atoms with van der Waals surface area (Å²) in [5.41, 5.74) is 4.89. The Morgan fingerprint density at radius 2 is 2.05 bits per heavy atom. The first kappa shape index (κ1) is 14.1. The average molecular weight is 323 g/mol. The van der Waals surface area contributed by atoms with Crippen molar-refractivity contribution in [3.05, 3.63) is 45.2 Å². The lowest BCUT2D eigenvalue weighted by molar-refractivity contribution is 0.414. The van der Waals surface area contributed by atoms with E-state index in [9.17, 15) is 0 Å². The number of hydrogen-bond donors (Lipinski definition) is 0. The normalized spacial score (nSPS) is 10.8. The van der Waals surface area contributed by atoms with Gasteiger partial charge in [0.15, 0.2) is 0 Å². The molecule has 0 aliphatic carbocycles. The van der Waals surface area contributed by atoms with Crippen molar-refractivity contribution in [3.63, 3.8) is 0 Å². The van der Waals surface area contributed by atoms with E-state index in [1.165, 1.54) is 16.8 Å². The molecule has 0 saturated heterocycles. The van der Waals surface area contributed by atoms with E-state index in [2.05, 4.69) is 46.5 Å². The highest BCUT2D eigenvalue weighted by molar-refractivity contribution is 9.10. The zero-order chi connectivity index (χ0) is 14.0. The molecule has 0 fully saturated rings. The smallest absolute Gasteiger partial charge is 0.119 e. The third-order valence-electron chi connectivity index (χ3n) is 3.46. The number of halogens is 1. The molecule has 0 saturated carbocycles. The van der Waals surface area contributed by atoms with Crippen LogP contribution in [0, 0.1) is 13.8 Å². The predicted octanol–water partition coefficient (Wildman–Crippen LogP) is 3.88. The lowest BCUT2D eigenvalue weighted by Gasteiger charge is -2.09. The third kappa shape index (κ3) is 2.84. The highest BCUT2D eigenvalue weighted by Crippen LogP contribution is 2.24. The van der Waals surface area contributed by atoms with Gasteiger partial charge in [0.25, 0.3) is 0 Å². The molecule has 0 atom stereocenters. The Kier molecular flexibility index (Phi) is 4.30. The second kappa shape index (κ2) is 5.78. The molecule has 0 aliphatic heterocycles. The van der Waals surface area contributed by atoms with Crippen molar-refractivity contribution in [2.75, 3.05) is 7.11 Å². The number of nitrogens with zero attached hydrogens (tertiary/aromatic N) is 2. The molecule has 0 aliphatic rings. The number of benzene rings is 1. The summed E-state index contributed by atoms with van der Waals surface area (Å²) in [6.07, 6.45) is 1.02. The van der Waals surface area contributed by atoms with Crippen LogP contribution in [0.15, 0.2) is 22.7 Å². The Labute approximate surface area is 122 Å². The van der Waals surface area contributed by atoms with Crippen LogP contribution in [0.3, 0.4) is 0 Å². The summed E-state index contributed by atoms with van der Waals surface area (Å²) in [6.45, 7) is 7.13. The summed E-state index contributed by atoms with van der Waals surface area (Å²) >= 11 is 3.59. The number of aryl methyl sites for hydroxylation is 1. The molecule has 2 aromatic rings. The van der Waals surface area contributed by atoms with E-state index < -0.39 is 0 Å². The van der Waals surface area contributed by atoms with Crippen molar-refractivity contribution in [3.8, 4) is 5.75 Å². The highest BCUT2D eigenvalue weighted by Gasteiger charge is 2.11. The average Bonchev–Trinajstić information content (AvgIpc) is 2.66. The lowest BCUT2D eigenvalue weighted by Crippen LogP contribution is -2.05. The molecule has 2 rings (SSSR count). The van der Waals surface area contributed by atoms with Crippen molar-refractivity contribution in [2.24, 2.45) is 0 Å². The Morgan fingerprint density at radius 3 is 2.63 bits per heavy atom. The Bertz CT molecular complexity index is 590. The summed E-state index contributed by atoms with van der Waals surface area (Å²) in [7, 11) is 1.69. The lowest BCUT2D eigenvalue weighted by atomic mass is 10.1. The monoisotopic (exact) mass is 322 g/mol. The van der Waals surface area contributed by atoms with Gasteiger partial charge in [-0.05, 0) is 49.6 Å². The van der Waals surface area contributed by atoms with E-state index in [4.69, 9.17) is 4.74 Å². The molecule has 4 heteroatoms.